The van der Waals surface area contributed by atoms with Gasteiger partial charge in [0.25, 0.3) is 0 Å². The third-order valence-corrected chi connectivity index (χ3v) is 3.76. The molecular formula is C18H20ClNO. The summed E-state index contributed by atoms with van der Waals surface area (Å²) >= 11 is 5.84. The van der Waals surface area contributed by atoms with E-state index in [4.69, 9.17) is 11.6 Å². The minimum atomic E-state index is 0.0975. The van der Waals surface area contributed by atoms with Gasteiger partial charge in [0.15, 0.2) is 0 Å². The molecule has 0 aromatic heterocycles. The maximum absolute atomic E-state index is 11.9. The summed E-state index contributed by atoms with van der Waals surface area (Å²) in [4.78, 5) is 11.9. The van der Waals surface area contributed by atoms with Gasteiger partial charge >= 0.3 is 0 Å². The van der Waals surface area contributed by atoms with Crippen LogP contribution in [0.2, 0.25) is 5.02 Å². The summed E-state index contributed by atoms with van der Waals surface area (Å²) < 4.78 is 0. The van der Waals surface area contributed by atoms with Gasteiger partial charge in [-0.25, -0.2) is 0 Å². The Balaban J connectivity index is 1.73. The molecule has 1 amide bonds. The second kappa shape index (κ2) is 7.84. The first kappa shape index (κ1) is 15.6. The second-order valence-corrected chi connectivity index (χ2v) is 5.68. The summed E-state index contributed by atoms with van der Waals surface area (Å²) in [6.45, 7) is 2.73. The number of carbonyl (C=O) groups excluding carboxylic acids is 1. The molecule has 0 spiro atoms. The molecule has 21 heavy (non-hydrogen) atoms. The maximum atomic E-state index is 11.9. The van der Waals surface area contributed by atoms with Crippen molar-refractivity contribution in [3.05, 3.63) is 70.7 Å². The lowest BCUT2D eigenvalue weighted by Crippen LogP contribution is -2.26. The molecule has 1 N–H and O–H groups in total. The van der Waals surface area contributed by atoms with E-state index in [1.165, 1.54) is 11.1 Å². The van der Waals surface area contributed by atoms with E-state index < -0.39 is 0 Å². The van der Waals surface area contributed by atoms with Crippen LogP contribution in [0.5, 0.6) is 0 Å². The van der Waals surface area contributed by atoms with E-state index >= 15 is 0 Å². The lowest BCUT2D eigenvalue weighted by Gasteiger charge is -2.12. The van der Waals surface area contributed by atoms with Crippen LogP contribution in [0.15, 0.2) is 54.6 Å². The molecule has 0 saturated carbocycles. The van der Waals surface area contributed by atoms with Crippen molar-refractivity contribution in [3.8, 4) is 0 Å². The van der Waals surface area contributed by atoms with Crippen molar-refractivity contribution in [1.82, 2.24) is 5.32 Å². The zero-order valence-electron chi connectivity index (χ0n) is 12.2. The van der Waals surface area contributed by atoms with Gasteiger partial charge in [0, 0.05) is 18.0 Å². The summed E-state index contributed by atoms with van der Waals surface area (Å²) in [6.07, 6.45) is 1.34. The molecule has 3 heteroatoms. The van der Waals surface area contributed by atoms with E-state index in [-0.39, 0.29) is 11.8 Å². The van der Waals surface area contributed by atoms with Crippen LogP contribution in [0.3, 0.4) is 0 Å². The van der Waals surface area contributed by atoms with Crippen LogP contribution in [0.1, 0.15) is 30.4 Å². The van der Waals surface area contributed by atoms with Crippen molar-refractivity contribution in [2.45, 2.75) is 25.7 Å². The van der Waals surface area contributed by atoms with E-state index in [9.17, 15) is 4.79 Å². The van der Waals surface area contributed by atoms with Crippen LogP contribution in [0.25, 0.3) is 0 Å². The molecule has 0 fully saturated rings. The van der Waals surface area contributed by atoms with Crippen LogP contribution in [-0.4, -0.2) is 12.5 Å². The summed E-state index contributed by atoms with van der Waals surface area (Å²) in [5, 5.41) is 3.71. The predicted octanol–water partition coefficient (Wildman–Crippen LogP) is 4.19. The van der Waals surface area contributed by atoms with Crippen molar-refractivity contribution >= 4 is 17.5 Å². The number of carbonyl (C=O) groups is 1. The second-order valence-electron chi connectivity index (χ2n) is 5.24. The fourth-order valence-electron chi connectivity index (χ4n) is 2.25. The zero-order chi connectivity index (χ0) is 15.1. The van der Waals surface area contributed by atoms with Gasteiger partial charge in [-0.1, -0.05) is 61.0 Å². The van der Waals surface area contributed by atoms with Crippen LogP contribution in [0, 0.1) is 0 Å². The zero-order valence-corrected chi connectivity index (χ0v) is 12.9. The third-order valence-electron chi connectivity index (χ3n) is 3.51. The molecule has 1 unspecified atom stereocenters. The lowest BCUT2D eigenvalue weighted by atomic mass is 9.97. The molecule has 2 rings (SSSR count). The van der Waals surface area contributed by atoms with Crippen LogP contribution < -0.4 is 5.32 Å². The largest absolute Gasteiger partial charge is 0.356 e. The van der Waals surface area contributed by atoms with Gasteiger partial charge in [-0.05, 0) is 35.6 Å². The number of rotatable bonds is 6. The van der Waals surface area contributed by atoms with Crippen LogP contribution in [0.4, 0.5) is 0 Å². The first-order valence-corrected chi connectivity index (χ1v) is 7.59. The smallest absolute Gasteiger partial charge is 0.220 e. The monoisotopic (exact) mass is 301 g/mol. The Morgan fingerprint density at radius 3 is 2.43 bits per heavy atom. The van der Waals surface area contributed by atoms with Crippen molar-refractivity contribution in [3.63, 3.8) is 0 Å². The topological polar surface area (TPSA) is 29.1 Å². The Bertz CT molecular complexity index is 566. The van der Waals surface area contributed by atoms with Gasteiger partial charge in [-0.3, -0.25) is 4.79 Å². The fraction of sp³-hybridized carbons (Fsp3) is 0.278. The molecule has 2 aromatic carbocycles. The van der Waals surface area contributed by atoms with Gasteiger partial charge in [0.1, 0.15) is 0 Å². The van der Waals surface area contributed by atoms with Gasteiger partial charge in [-0.2, -0.15) is 0 Å². The fourth-order valence-corrected chi connectivity index (χ4v) is 2.37. The van der Waals surface area contributed by atoms with Crippen molar-refractivity contribution < 1.29 is 4.79 Å². The van der Waals surface area contributed by atoms with Crippen molar-refractivity contribution in [1.29, 1.82) is 0 Å². The molecule has 0 aliphatic heterocycles. The molecule has 2 aromatic rings. The molecular weight excluding hydrogens is 282 g/mol. The van der Waals surface area contributed by atoms with Gasteiger partial charge in [0.05, 0.1) is 0 Å². The summed E-state index contributed by atoms with van der Waals surface area (Å²) in [5.74, 6) is 0.335. The van der Waals surface area contributed by atoms with Crippen molar-refractivity contribution in [2.24, 2.45) is 0 Å². The number of benzene rings is 2. The first-order chi connectivity index (χ1) is 10.1. The Labute approximate surface area is 131 Å². The highest BCUT2D eigenvalue weighted by Gasteiger charge is 2.10. The average Bonchev–Trinajstić information content (AvgIpc) is 2.50. The third kappa shape index (κ3) is 5.24. The number of nitrogens with one attached hydrogen (secondary N) is 1. The minimum absolute atomic E-state index is 0.0975. The van der Waals surface area contributed by atoms with Gasteiger partial charge in [0.2, 0.25) is 5.91 Å². The Kier molecular flexibility index (Phi) is 5.82. The Hall–Kier alpha value is -1.80. The highest BCUT2D eigenvalue weighted by Crippen LogP contribution is 2.18. The minimum Gasteiger partial charge on any atom is -0.356 e. The number of amides is 1. The summed E-state index contributed by atoms with van der Waals surface area (Å²) in [7, 11) is 0. The van der Waals surface area contributed by atoms with Gasteiger partial charge < -0.3 is 5.32 Å². The number of halogens is 1. The normalized spacial score (nSPS) is 11.9. The molecule has 2 nitrogen and oxygen atoms in total. The molecule has 0 aliphatic rings. The van der Waals surface area contributed by atoms with Crippen LogP contribution in [-0.2, 0) is 11.2 Å². The quantitative estimate of drug-likeness (QED) is 0.851. The standard InChI is InChI=1S/C18H20ClNO/c1-14(16-5-3-2-4-6-16)13-18(21)20-12-11-15-7-9-17(19)10-8-15/h2-10,14H,11-13H2,1H3,(H,20,21). The lowest BCUT2D eigenvalue weighted by molar-refractivity contribution is -0.121. The Morgan fingerprint density at radius 2 is 1.76 bits per heavy atom. The number of hydrogen-bond donors (Lipinski definition) is 1. The average molecular weight is 302 g/mol. The first-order valence-electron chi connectivity index (χ1n) is 7.21. The molecule has 0 bridgehead atoms. The van der Waals surface area contributed by atoms with E-state index in [0.29, 0.717) is 13.0 Å². The highest BCUT2D eigenvalue weighted by molar-refractivity contribution is 6.30. The summed E-state index contributed by atoms with van der Waals surface area (Å²) in [6, 6.07) is 17.8. The van der Waals surface area contributed by atoms with Crippen molar-refractivity contribution in [2.75, 3.05) is 6.54 Å². The molecule has 1 atom stereocenters. The van der Waals surface area contributed by atoms with E-state index in [1.807, 2.05) is 42.5 Å². The molecule has 0 radical (unpaired) electrons. The van der Waals surface area contributed by atoms with E-state index in [1.54, 1.807) is 0 Å². The molecule has 0 aliphatic carbocycles. The van der Waals surface area contributed by atoms with Crippen LogP contribution >= 0.6 is 11.6 Å². The van der Waals surface area contributed by atoms with Gasteiger partial charge in [-0.15, -0.1) is 0 Å². The van der Waals surface area contributed by atoms with E-state index in [0.717, 1.165) is 11.4 Å². The summed E-state index contributed by atoms with van der Waals surface area (Å²) in [5.41, 5.74) is 2.38. The molecule has 0 heterocycles. The Morgan fingerprint density at radius 1 is 1.10 bits per heavy atom. The molecule has 110 valence electrons. The predicted molar refractivity (Wildman–Crippen MR) is 87.6 cm³/mol. The number of hydrogen-bond acceptors (Lipinski definition) is 1. The highest BCUT2D eigenvalue weighted by atomic mass is 35.5. The van der Waals surface area contributed by atoms with E-state index in [2.05, 4.69) is 24.4 Å². The SMILES string of the molecule is CC(CC(=O)NCCc1ccc(Cl)cc1)c1ccccc1. The molecule has 0 saturated heterocycles. The maximum Gasteiger partial charge on any atom is 0.220 e.